The van der Waals surface area contributed by atoms with Crippen molar-refractivity contribution in [2.24, 2.45) is 5.92 Å². The first kappa shape index (κ1) is 22.0. The predicted molar refractivity (Wildman–Crippen MR) is 120 cm³/mol. The Morgan fingerprint density at radius 2 is 1.68 bits per heavy atom. The number of aryl methyl sites for hydroxylation is 1. The van der Waals surface area contributed by atoms with Crippen LogP contribution in [0.3, 0.4) is 0 Å². The molecule has 0 bridgehead atoms. The Bertz CT molecular complexity index is 1010. The second kappa shape index (κ2) is 9.51. The summed E-state index contributed by atoms with van der Waals surface area (Å²) in [6.45, 7) is 4.97. The molecule has 6 nitrogen and oxygen atoms in total. The molecule has 4 rings (SSSR count). The lowest BCUT2D eigenvalue weighted by Crippen LogP contribution is -2.41. The van der Waals surface area contributed by atoms with Crippen LogP contribution in [0.5, 0.6) is 0 Å². The molecule has 31 heavy (non-hydrogen) atoms. The van der Waals surface area contributed by atoms with Crippen LogP contribution in [0.15, 0.2) is 53.4 Å². The number of piperidine rings is 1. The molecule has 2 aromatic rings. The van der Waals surface area contributed by atoms with Crippen molar-refractivity contribution in [3.63, 3.8) is 0 Å². The quantitative estimate of drug-likeness (QED) is 0.714. The lowest BCUT2D eigenvalue weighted by atomic mass is 9.91. The number of amides is 1. The second-order valence-electron chi connectivity index (χ2n) is 8.42. The average Bonchev–Trinajstić information content (AvgIpc) is 2.80. The van der Waals surface area contributed by atoms with Crippen LogP contribution >= 0.6 is 0 Å². The Balaban J connectivity index is 1.45. The summed E-state index contributed by atoms with van der Waals surface area (Å²) in [5.74, 6) is 0.366. The van der Waals surface area contributed by atoms with E-state index >= 15 is 0 Å². The molecule has 0 saturated carbocycles. The zero-order chi connectivity index (χ0) is 21.8. The first-order valence-corrected chi connectivity index (χ1v) is 12.4. The van der Waals surface area contributed by atoms with Gasteiger partial charge in [-0.2, -0.15) is 4.31 Å². The molecule has 0 spiro atoms. The van der Waals surface area contributed by atoms with Crippen LogP contribution < -0.4 is 0 Å². The lowest BCUT2D eigenvalue weighted by Gasteiger charge is -2.31. The highest BCUT2D eigenvalue weighted by molar-refractivity contribution is 7.89. The SMILES string of the molecule is Cc1ccc(S(=O)(=O)N2CCC(Cc3ccccc3)CC2)cc1C(=O)N1CCOCC1. The molecular weight excluding hydrogens is 412 g/mol. The summed E-state index contributed by atoms with van der Waals surface area (Å²) in [7, 11) is -3.62. The van der Waals surface area contributed by atoms with Crippen LogP contribution in [0.4, 0.5) is 0 Å². The molecular formula is C24H30N2O4S. The van der Waals surface area contributed by atoms with E-state index in [4.69, 9.17) is 4.74 Å². The third-order valence-corrected chi connectivity index (χ3v) is 8.21. The van der Waals surface area contributed by atoms with E-state index in [9.17, 15) is 13.2 Å². The highest BCUT2D eigenvalue weighted by Crippen LogP contribution is 2.27. The van der Waals surface area contributed by atoms with Gasteiger partial charge in [-0.25, -0.2) is 8.42 Å². The van der Waals surface area contributed by atoms with Crippen molar-refractivity contribution < 1.29 is 17.9 Å². The van der Waals surface area contributed by atoms with Gasteiger partial charge in [0.15, 0.2) is 0 Å². The molecule has 2 aliphatic heterocycles. The summed E-state index contributed by atoms with van der Waals surface area (Å²) >= 11 is 0. The molecule has 0 aliphatic carbocycles. The van der Waals surface area contributed by atoms with Gasteiger partial charge in [0.2, 0.25) is 10.0 Å². The van der Waals surface area contributed by atoms with Gasteiger partial charge < -0.3 is 9.64 Å². The number of benzene rings is 2. The minimum Gasteiger partial charge on any atom is -0.378 e. The number of nitrogens with zero attached hydrogens (tertiary/aromatic N) is 2. The van der Waals surface area contributed by atoms with E-state index in [1.807, 2.05) is 25.1 Å². The molecule has 0 atom stereocenters. The molecule has 0 N–H and O–H groups in total. The third-order valence-electron chi connectivity index (χ3n) is 6.32. The molecule has 2 heterocycles. The van der Waals surface area contributed by atoms with Crippen molar-refractivity contribution in [2.45, 2.75) is 31.1 Å². The Labute approximate surface area is 184 Å². The van der Waals surface area contributed by atoms with Gasteiger partial charge in [0.05, 0.1) is 18.1 Å². The number of carbonyl (C=O) groups excluding carboxylic acids is 1. The molecule has 2 aliphatic rings. The average molecular weight is 443 g/mol. The summed E-state index contributed by atoms with van der Waals surface area (Å²) in [5, 5.41) is 0. The fraction of sp³-hybridized carbons (Fsp3) is 0.458. The van der Waals surface area contributed by atoms with Crippen LogP contribution in [0, 0.1) is 12.8 Å². The molecule has 0 radical (unpaired) electrons. The molecule has 166 valence electrons. The number of morpholine rings is 1. The maximum Gasteiger partial charge on any atom is 0.254 e. The van der Waals surface area contributed by atoms with Gasteiger partial charge in [-0.3, -0.25) is 4.79 Å². The Morgan fingerprint density at radius 1 is 1.00 bits per heavy atom. The van der Waals surface area contributed by atoms with E-state index in [0.717, 1.165) is 24.8 Å². The van der Waals surface area contributed by atoms with Crippen LogP contribution in [0.25, 0.3) is 0 Å². The van der Waals surface area contributed by atoms with Gasteiger partial charge in [-0.1, -0.05) is 36.4 Å². The van der Waals surface area contributed by atoms with Crippen molar-refractivity contribution in [1.82, 2.24) is 9.21 Å². The van der Waals surface area contributed by atoms with E-state index in [1.165, 1.54) is 5.56 Å². The number of hydrogen-bond acceptors (Lipinski definition) is 4. The Morgan fingerprint density at radius 3 is 2.35 bits per heavy atom. The zero-order valence-corrected chi connectivity index (χ0v) is 18.8. The highest BCUT2D eigenvalue weighted by atomic mass is 32.2. The first-order chi connectivity index (χ1) is 14.9. The van der Waals surface area contributed by atoms with Gasteiger partial charge in [-0.15, -0.1) is 0 Å². The van der Waals surface area contributed by atoms with Crippen molar-refractivity contribution in [1.29, 1.82) is 0 Å². The monoisotopic (exact) mass is 442 g/mol. The summed E-state index contributed by atoms with van der Waals surface area (Å²) < 4.78 is 33.5. The highest BCUT2D eigenvalue weighted by Gasteiger charge is 2.30. The van der Waals surface area contributed by atoms with Crippen LogP contribution in [-0.2, 0) is 21.2 Å². The zero-order valence-electron chi connectivity index (χ0n) is 18.0. The van der Waals surface area contributed by atoms with E-state index in [0.29, 0.717) is 50.9 Å². The van der Waals surface area contributed by atoms with E-state index in [1.54, 1.807) is 27.4 Å². The molecule has 2 saturated heterocycles. The van der Waals surface area contributed by atoms with Crippen molar-refractivity contribution in [3.8, 4) is 0 Å². The van der Waals surface area contributed by atoms with Crippen LogP contribution in [-0.4, -0.2) is 62.9 Å². The van der Waals surface area contributed by atoms with Gasteiger partial charge in [0, 0.05) is 31.7 Å². The summed E-state index contributed by atoms with van der Waals surface area (Å²) in [5.41, 5.74) is 2.55. The minimum atomic E-state index is -3.62. The fourth-order valence-electron chi connectivity index (χ4n) is 4.38. The van der Waals surface area contributed by atoms with Gasteiger partial charge in [-0.05, 0) is 55.4 Å². The standard InChI is InChI=1S/C24H30N2O4S/c1-19-7-8-22(18-23(19)24(27)25-13-15-30-16-14-25)31(28,29)26-11-9-21(10-12-26)17-20-5-3-2-4-6-20/h2-8,18,21H,9-17H2,1H3. The van der Waals surface area contributed by atoms with Crippen LogP contribution in [0.1, 0.15) is 34.3 Å². The van der Waals surface area contributed by atoms with Crippen molar-refractivity contribution >= 4 is 15.9 Å². The van der Waals surface area contributed by atoms with Gasteiger partial charge in [0.25, 0.3) is 5.91 Å². The smallest absolute Gasteiger partial charge is 0.254 e. The molecule has 0 aromatic heterocycles. The van der Waals surface area contributed by atoms with E-state index in [2.05, 4.69) is 12.1 Å². The topological polar surface area (TPSA) is 66.9 Å². The maximum atomic E-state index is 13.3. The molecule has 2 aromatic carbocycles. The summed E-state index contributed by atoms with van der Waals surface area (Å²) in [6.07, 6.45) is 2.68. The van der Waals surface area contributed by atoms with E-state index < -0.39 is 10.0 Å². The molecule has 0 unspecified atom stereocenters. The predicted octanol–water partition coefficient (Wildman–Crippen LogP) is 3.11. The molecule has 1 amide bonds. The number of hydrogen-bond donors (Lipinski definition) is 0. The largest absolute Gasteiger partial charge is 0.378 e. The minimum absolute atomic E-state index is 0.126. The third kappa shape index (κ3) is 5.00. The van der Waals surface area contributed by atoms with Crippen LogP contribution in [0.2, 0.25) is 0 Å². The van der Waals surface area contributed by atoms with Gasteiger partial charge in [0.1, 0.15) is 0 Å². The van der Waals surface area contributed by atoms with Crippen molar-refractivity contribution in [2.75, 3.05) is 39.4 Å². The summed E-state index contributed by atoms with van der Waals surface area (Å²) in [6, 6.07) is 15.3. The Hall–Kier alpha value is -2.22. The van der Waals surface area contributed by atoms with E-state index in [-0.39, 0.29) is 10.8 Å². The molecule has 7 heteroatoms. The summed E-state index contributed by atoms with van der Waals surface area (Å²) in [4.78, 5) is 14.9. The number of ether oxygens (including phenoxy) is 1. The number of sulfonamides is 1. The maximum absolute atomic E-state index is 13.3. The van der Waals surface area contributed by atoms with Crippen molar-refractivity contribution in [3.05, 3.63) is 65.2 Å². The lowest BCUT2D eigenvalue weighted by molar-refractivity contribution is 0.0302. The number of rotatable bonds is 5. The normalized spacial score (nSPS) is 18.8. The second-order valence-corrected chi connectivity index (χ2v) is 10.4. The fourth-order valence-corrected chi connectivity index (χ4v) is 5.88. The number of carbonyl (C=O) groups is 1. The van der Waals surface area contributed by atoms with Gasteiger partial charge >= 0.3 is 0 Å². The Kier molecular flexibility index (Phi) is 6.74. The first-order valence-electron chi connectivity index (χ1n) is 11.0. The molecule has 2 fully saturated rings.